The van der Waals surface area contributed by atoms with Gasteiger partial charge in [-0.05, 0) is 24.3 Å². The maximum atomic E-state index is 6.38. The quantitative estimate of drug-likeness (QED) is 0.504. The fourth-order valence-corrected chi connectivity index (χ4v) is 3.41. The van der Waals surface area contributed by atoms with Crippen LogP contribution in [0.15, 0.2) is 42.5 Å². The monoisotopic (exact) mass is 333 g/mol. The summed E-state index contributed by atoms with van der Waals surface area (Å²) in [5.41, 5.74) is 8.77. The molecule has 1 aliphatic heterocycles. The molecule has 0 spiro atoms. The minimum atomic E-state index is -0.298. The Kier molecular flexibility index (Phi) is 2.99. The van der Waals surface area contributed by atoms with Crippen LogP contribution in [0.4, 0.5) is 5.95 Å². The number of halogens is 2. The Bertz CT molecular complexity index is 895. The van der Waals surface area contributed by atoms with E-state index >= 15 is 0 Å². The number of guanidine groups is 1. The van der Waals surface area contributed by atoms with E-state index in [1.54, 1.807) is 0 Å². The van der Waals surface area contributed by atoms with Crippen LogP contribution in [0, 0.1) is 0 Å². The van der Waals surface area contributed by atoms with E-state index in [0.29, 0.717) is 16.0 Å². The highest BCUT2D eigenvalue weighted by Gasteiger charge is 2.34. The van der Waals surface area contributed by atoms with E-state index in [0.717, 1.165) is 22.5 Å². The Morgan fingerprint density at radius 3 is 2.55 bits per heavy atom. The molecule has 0 saturated carbocycles. The number of H-pyrrole nitrogens is 1. The zero-order chi connectivity index (χ0) is 15.3. The highest BCUT2D eigenvalue weighted by molar-refractivity contribution is 6.36. The molecule has 0 fully saturated rings. The second kappa shape index (κ2) is 4.90. The van der Waals surface area contributed by atoms with E-state index in [4.69, 9.17) is 28.9 Å². The number of nitrogens with one attached hydrogen (secondary N) is 3. The van der Waals surface area contributed by atoms with Gasteiger partial charge >= 0.3 is 11.9 Å². The molecule has 7 heteroatoms. The first-order valence-electron chi connectivity index (χ1n) is 6.77. The number of hydrogen-bond acceptors (Lipinski definition) is 2. The number of aromatic amines is 1. The molecule has 0 bridgehead atoms. The van der Waals surface area contributed by atoms with Crippen molar-refractivity contribution in [2.75, 3.05) is 5.32 Å². The van der Waals surface area contributed by atoms with Gasteiger partial charge in [0.05, 0.1) is 15.6 Å². The summed E-state index contributed by atoms with van der Waals surface area (Å²) in [7, 11) is 0. The SMILES string of the molecule is NC1=[NH+][C@H](c2c(Cl)cccc2Cl)[n+]2c([nH]c3ccccc32)N1. The molecular formula is C15H13Cl2N5+2. The van der Waals surface area contributed by atoms with E-state index in [1.165, 1.54) is 0 Å². The largest absolute Gasteiger partial charge is 0.368 e. The number of nitrogens with zero attached hydrogens (tertiary/aromatic N) is 1. The summed E-state index contributed by atoms with van der Waals surface area (Å²) in [5.74, 6) is 1.21. The van der Waals surface area contributed by atoms with Gasteiger partial charge in [-0.25, -0.2) is 9.98 Å². The summed E-state index contributed by atoms with van der Waals surface area (Å²) in [6.45, 7) is 0. The fourth-order valence-electron chi connectivity index (χ4n) is 2.81. The van der Waals surface area contributed by atoms with Gasteiger partial charge in [0.25, 0.3) is 0 Å². The summed E-state index contributed by atoms with van der Waals surface area (Å²) >= 11 is 12.8. The van der Waals surface area contributed by atoms with Crippen LogP contribution in [0.2, 0.25) is 10.0 Å². The molecule has 4 rings (SSSR count). The van der Waals surface area contributed by atoms with Crippen molar-refractivity contribution < 1.29 is 9.56 Å². The molecule has 0 unspecified atom stereocenters. The molecule has 0 aliphatic carbocycles. The fraction of sp³-hybridized carbons (Fsp3) is 0.0667. The van der Waals surface area contributed by atoms with Gasteiger partial charge in [0.1, 0.15) is 11.0 Å². The first-order valence-corrected chi connectivity index (χ1v) is 7.53. The summed E-state index contributed by atoms with van der Waals surface area (Å²) in [6.07, 6.45) is -0.298. The van der Waals surface area contributed by atoms with E-state index in [1.807, 2.05) is 42.5 Å². The van der Waals surface area contributed by atoms with E-state index < -0.39 is 0 Å². The van der Waals surface area contributed by atoms with Gasteiger partial charge in [0.15, 0.2) is 0 Å². The molecular weight excluding hydrogens is 321 g/mol. The third-order valence-corrected chi connectivity index (χ3v) is 4.39. The third-order valence-electron chi connectivity index (χ3n) is 3.73. The number of rotatable bonds is 1. The van der Waals surface area contributed by atoms with Crippen molar-refractivity contribution >= 4 is 46.1 Å². The summed E-state index contributed by atoms with van der Waals surface area (Å²) < 4.78 is 2.05. The Morgan fingerprint density at radius 2 is 1.77 bits per heavy atom. The Labute approximate surface area is 136 Å². The van der Waals surface area contributed by atoms with Crippen molar-refractivity contribution in [1.29, 1.82) is 0 Å². The number of nitrogens with two attached hydrogens (primary N) is 1. The molecule has 1 aliphatic rings. The van der Waals surface area contributed by atoms with Crippen molar-refractivity contribution in [3.05, 3.63) is 58.1 Å². The lowest BCUT2D eigenvalue weighted by atomic mass is 10.1. The van der Waals surface area contributed by atoms with Gasteiger partial charge in [-0.3, -0.25) is 5.73 Å². The van der Waals surface area contributed by atoms with Crippen molar-refractivity contribution in [3.8, 4) is 0 Å². The molecule has 110 valence electrons. The van der Waals surface area contributed by atoms with Gasteiger partial charge in [0, 0.05) is 0 Å². The number of hydrogen-bond donors (Lipinski definition) is 4. The molecule has 0 amide bonds. The van der Waals surface area contributed by atoms with Crippen molar-refractivity contribution in [1.82, 2.24) is 4.98 Å². The van der Waals surface area contributed by atoms with Crippen molar-refractivity contribution in [2.24, 2.45) is 5.73 Å². The zero-order valence-electron chi connectivity index (χ0n) is 11.4. The molecule has 2 heterocycles. The molecule has 1 aromatic heterocycles. The normalized spacial score (nSPS) is 17.0. The molecule has 5 nitrogen and oxygen atoms in total. The molecule has 0 saturated heterocycles. The third kappa shape index (κ3) is 1.94. The molecule has 1 atom stereocenters. The van der Waals surface area contributed by atoms with E-state index in [-0.39, 0.29) is 6.17 Å². The van der Waals surface area contributed by atoms with E-state index in [2.05, 4.69) is 19.9 Å². The second-order valence-electron chi connectivity index (χ2n) is 5.08. The molecule has 0 radical (unpaired) electrons. The zero-order valence-corrected chi connectivity index (χ0v) is 12.9. The van der Waals surface area contributed by atoms with Crippen LogP contribution in [-0.4, -0.2) is 10.9 Å². The number of fused-ring (bicyclic) bond motifs is 3. The maximum absolute atomic E-state index is 6.38. The van der Waals surface area contributed by atoms with Crippen LogP contribution >= 0.6 is 23.2 Å². The Hall–Kier alpha value is -2.24. The number of imidazole rings is 1. The van der Waals surface area contributed by atoms with Crippen LogP contribution in [0.1, 0.15) is 11.7 Å². The molecule has 3 aromatic rings. The highest BCUT2D eigenvalue weighted by Crippen LogP contribution is 2.29. The molecule has 22 heavy (non-hydrogen) atoms. The summed E-state index contributed by atoms with van der Waals surface area (Å²) in [5, 5.41) is 4.27. The van der Waals surface area contributed by atoms with Gasteiger partial charge in [-0.1, -0.05) is 41.4 Å². The summed E-state index contributed by atoms with van der Waals surface area (Å²) in [4.78, 5) is 6.52. The lowest BCUT2D eigenvalue weighted by Crippen LogP contribution is -2.88. The first-order chi connectivity index (χ1) is 10.6. The van der Waals surface area contributed by atoms with E-state index in [9.17, 15) is 0 Å². The van der Waals surface area contributed by atoms with Gasteiger partial charge in [0.2, 0.25) is 6.17 Å². The topological polar surface area (TPSA) is 71.7 Å². The van der Waals surface area contributed by atoms with Crippen LogP contribution in [0.3, 0.4) is 0 Å². The summed E-state index contributed by atoms with van der Waals surface area (Å²) in [6, 6.07) is 13.4. The van der Waals surface area contributed by atoms with Crippen molar-refractivity contribution in [2.45, 2.75) is 6.17 Å². The highest BCUT2D eigenvalue weighted by atomic mass is 35.5. The maximum Gasteiger partial charge on any atom is 0.368 e. The van der Waals surface area contributed by atoms with Crippen LogP contribution in [0.5, 0.6) is 0 Å². The predicted molar refractivity (Wildman–Crippen MR) is 86.9 cm³/mol. The number of para-hydroxylation sites is 2. The van der Waals surface area contributed by atoms with Crippen LogP contribution < -0.4 is 20.6 Å². The lowest BCUT2D eigenvalue weighted by Gasteiger charge is -2.18. The van der Waals surface area contributed by atoms with Gasteiger partial charge < -0.3 is 0 Å². The molecule has 2 aromatic carbocycles. The molecule has 5 N–H and O–H groups in total. The Morgan fingerprint density at radius 1 is 1.05 bits per heavy atom. The smallest absolute Gasteiger partial charge is 0.290 e. The first kappa shape index (κ1) is 13.4. The number of anilines is 1. The van der Waals surface area contributed by atoms with Gasteiger partial charge in [-0.2, -0.15) is 9.88 Å². The minimum absolute atomic E-state index is 0.298. The number of aromatic nitrogens is 2. The average molecular weight is 334 g/mol. The lowest BCUT2D eigenvalue weighted by molar-refractivity contribution is -0.840. The van der Waals surface area contributed by atoms with Crippen molar-refractivity contribution in [3.63, 3.8) is 0 Å². The van der Waals surface area contributed by atoms with Gasteiger partial charge in [-0.15, -0.1) is 0 Å². The average Bonchev–Trinajstić information content (AvgIpc) is 2.84. The Balaban J connectivity index is 2.03. The van der Waals surface area contributed by atoms with Crippen LogP contribution in [-0.2, 0) is 0 Å². The standard InChI is InChI=1S/C15H11Cl2N5/c16-8-4-3-5-9(17)12(8)13-20-14(18)21-15-19-10-6-1-2-7-11(10)22(13)15/h1-7,13H,(H3,18,19,20,21)/p+2/t13-/m0/s1. The predicted octanol–water partition coefficient (Wildman–Crippen LogP) is 1.13. The number of benzene rings is 2. The van der Waals surface area contributed by atoms with Crippen LogP contribution in [0.25, 0.3) is 11.0 Å². The minimum Gasteiger partial charge on any atom is -0.290 e. The second-order valence-corrected chi connectivity index (χ2v) is 5.90.